The molecular weight excluding hydrogens is 787 g/mol. The summed E-state index contributed by atoms with van der Waals surface area (Å²) in [4.78, 5) is 0. The maximum Gasteiger partial charge on any atom is -0.0411 e. The van der Waals surface area contributed by atoms with Crippen LogP contribution in [0.3, 0.4) is 0 Å². The van der Waals surface area contributed by atoms with Gasteiger partial charge in [0.2, 0.25) is 0 Å². The van der Waals surface area contributed by atoms with Crippen molar-refractivity contribution in [1.29, 1.82) is 0 Å². The molecule has 55 heavy (non-hydrogen) atoms. The summed E-state index contributed by atoms with van der Waals surface area (Å²) >= 11 is 1.51. The summed E-state index contributed by atoms with van der Waals surface area (Å²) in [7, 11) is 0. The van der Waals surface area contributed by atoms with Gasteiger partial charge < -0.3 is 24.8 Å². The molecule has 0 saturated heterocycles. The molecule has 3 aromatic rings. The molecule has 0 radical (unpaired) electrons. The monoisotopic (exact) mass is 848 g/mol. The third kappa shape index (κ3) is 6.89. The Kier molecular flexibility index (Phi) is 12.8. The Labute approximate surface area is 362 Å². The van der Waals surface area contributed by atoms with Crippen LogP contribution in [0.1, 0.15) is 116 Å². The molecule has 0 heterocycles. The van der Waals surface area contributed by atoms with Crippen LogP contribution in [0.25, 0.3) is 5.57 Å². The van der Waals surface area contributed by atoms with Crippen LogP contribution >= 0.6 is 0 Å². The first kappa shape index (κ1) is 42.8. The molecule has 0 aromatic heterocycles. The molecule has 3 heteroatoms. The van der Waals surface area contributed by atoms with E-state index in [0.717, 1.165) is 30.6 Å². The second-order valence-corrected chi connectivity index (χ2v) is 20.3. The molecule has 4 bridgehead atoms. The Morgan fingerprint density at radius 2 is 1.42 bits per heavy atom. The van der Waals surface area contributed by atoms with E-state index in [1.807, 2.05) is 6.07 Å². The van der Waals surface area contributed by atoms with Crippen LogP contribution in [-0.2, 0) is 42.5 Å². The van der Waals surface area contributed by atoms with Crippen molar-refractivity contribution in [3.63, 3.8) is 0 Å². The van der Waals surface area contributed by atoms with Gasteiger partial charge in [-0.25, -0.2) is 12.0 Å². The van der Waals surface area contributed by atoms with Gasteiger partial charge >= 0.3 is 70.3 Å². The van der Waals surface area contributed by atoms with Gasteiger partial charge in [-0.05, 0) is 71.7 Å². The molecule has 8 aliphatic rings. The number of hydrogen-bond acceptors (Lipinski definition) is 0. The first-order chi connectivity index (χ1) is 25.4. The minimum atomic E-state index is 0. The molecule has 3 aromatic carbocycles. The molecule has 0 N–H and O–H groups in total. The molecule has 7 unspecified atom stereocenters. The van der Waals surface area contributed by atoms with Crippen LogP contribution in [0.15, 0.2) is 108 Å². The molecule has 8 aliphatic carbocycles. The van der Waals surface area contributed by atoms with Gasteiger partial charge in [-0.2, -0.15) is 34.9 Å². The van der Waals surface area contributed by atoms with Gasteiger partial charge in [0.05, 0.1) is 0 Å². The SMILES string of the molecule is C[C-]1C2=C3Cc4ccccc4C3=C3C=CC(C)C(C)C3(C)C2(C)C(C)C(C)C1C.[Cl-].[Cl-].[Zr+2]=[CH]Cc1ccccc1.c1cc(C23CC4CC(CC(C4)C2)C3)c[cH-]1. The second-order valence-electron chi connectivity index (χ2n) is 19.3. The Hall–Kier alpha value is -1.79. The Balaban J connectivity index is 0.000000164. The summed E-state index contributed by atoms with van der Waals surface area (Å²) in [6.07, 6.45) is 16.4. The van der Waals surface area contributed by atoms with E-state index in [1.165, 1.54) is 60.2 Å². The average molecular weight is 851 g/mol. The number of hydrogen-bond donors (Lipinski definition) is 0. The molecular formula is C52H64Cl2Zr-2. The summed E-state index contributed by atoms with van der Waals surface area (Å²) in [5, 5.41) is 0. The number of halogens is 2. The van der Waals surface area contributed by atoms with Gasteiger partial charge in [0.15, 0.2) is 0 Å². The average Bonchev–Trinajstić information content (AvgIpc) is 3.83. The zero-order chi connectivity index (χ0) is 37.3. The minimum Gasteiger partial charge on any atom is -0.210 e. The van der Waals surface area contributed by atoms with E-state index >= 15 is 0 Å². The number of benzene rings is 2. The van der Waals surface area contributed by atoms with E-state index in [9.17, 15) is 0 Å². The number of allylic oxidation sites excluding steroid dienone is 6. The fourth-order valence-electron chi connectivity index (χ4n) is 13.8. The topological polar surface area (TPSA) is 0 Å². The predicted molar refractivity (Wildman–Crippen MR) is 222 cm³/mol. The third-order valence-corrected chi connectivity index (χ3v) is 17.5. The Morgan fingerprint density at radius 1 is 0.800 bits per heavy atom. The Bertz CT molecular complexity index is 1880. The normalized spacial score (nSPS) is 37.2. The van der Waals surface area contributed by atoms with E-state index in [-0.39, 0.29) is 35.6 Å². The maximum absolute atomic E-state index is 2.63. The summed E-state index contributed by atoms with van der Waals surface area (Å²) in [6, 6.07) is 28.9. The van der Waals surface area contributed by atoms with Crippen LogP contribution < -0.4 is 24.8 Å². The van der Waals surface area contributed by atoms with E-state index in [2.05, 4.69) is 144 Å². The van der Waals surface area contributed by atoms with Gasteiger partial charge in [-0.1, -0.05) is 139 Å². The van der Waals surface area contributed by atoms with E-state index < -0.39 is 0 Å². The Morgan fingerprint density at radius 3 is 2.02 bits per heavy atom. The zero-order valence-electron chi connectivity index (χ0n) is 34.8. The third-order valence-electron chi connectivity index (χ3n) is 17.0. The first-order valence-electron chi connectivity index (χ1n) is 21.3. The molecule has 7 atom stereocenters. The van der Waals surface area contributed by atoms with Gasteiger partial charge in [0, 0.05) is 5.41 Å². The first-order valence-corrected chi connectivity index (χ1v) is 22.7. The van der Waals surface area contributed by atoms with Crippen molar-refractivity contribution in [3.05, 3.63) is 136 Å². The van der Waals surface area contributed by atoms with Crippen LogP contribution in [-0.4, -0.2) is 3.71 Å². The standard InChI is InChI=1S/C29H37.C15H19.C8H8.2ClH.Zr/c1-16-13-14-25-26-23-12-10-9-11-22(23)15-24(26)27-19(4)17(2)18(3)21(6)29(27,8)28(25,7)20(16)5;1-2-4-14(3-1)15-8-11-5-12(9-15)7-13(6-11)10-15;1-2-8-6-4-3-5-7-8;;;/h9-14,16-18,20-21H,15H2,1-8H3;1-4,11-13H,5-10H2;1,3-7H,2H2;2*1H;/q2*-1;;;;+2/p-2. The summed E-state index contributed by atoms with van der Waals surface area (Å²) in [5.74, 6) is 8.15. The molecule has 0 spiro atoms. The molecule has 5 saturated carbocycles. The quantitative estimate of drug-likeness (QED) is 0.246. The van der Waals surface area contributed by atoms with Crippen molar-refractivity contribution in [3.8, 4) is 0 Å². The fraction of sp³-hybridized carbons (Fsp3) is 0.519. The van der Waals surface area contributed by atoms with Crippen molar-refractivity contribution in [2.75, 3.05) is 0 Å². The predicted octanol–water partition coefficient (Wildman–Crippen LogP) is 7.14. The fourth-order valence-corrected chi connectivity index (χ4v) is 14.3. The molecule has 11 rings (SSSR count). The van der Waals surface area contributed by atoms with Crippen molar-refractivity contribution < 1.29 is 49.0 Å². The maximum atomic E-state index is 2.63. The van der Waals surface area contributed by atoms with Crippen molar-refractivity contribution in [1.82, 2.24) is 0 Å². The van der Waals surface area contributed by atoms with Gasteiger partial charge in [-0.3, -0.25) is 0 Å². The van der Waals surface area contributed by atoms with Gasteiger partial charge in [-0.15, -0.1) is 6.92 Å². The summed E-state index contributed by atoms with van der Waals surface area (Å²) in [6.45, 7) is 20.2. The summed E-state index contributed by atoms with van der Waals surface area (Å²) in [5.41, 5.74) is 13.6. The zero-order valence-corrected chi connectivity index (χ0v) is 38.7. The largest absolute Gasteiger partial charge is 0.210 e. The van der Waals surface area contributed by atoms with Crippen LogP contribution in [0.4, 0.5) is 0 Å². The molecule has 0 aliphatic heterocycles. The van der Waals surface area contributed by atoms with Crippen LogP contribution in [0, 0.1) is 64.1 Å². The number of rotatable bonds is 3. The van der Waals surface area contributed by atoms with E-state index in [1.54, 1.807) is 53.0 Å². The van der Waals surface area contributed by atoms with E-state index in [0.29, 0.717) is 35.0 Å². The van der Waals surface area contributed by atoms with Crippen molar-refractivity contribution in [2.45, 2.75) is 112 Å². The van der Waals surface area contributed by atoms with Crippen LogP contribution in [0.5, 0.6) is 0 Å². The molecule has 0 nitrogen and oxygen atoms in total. The number of fused-ring (bicyclic) bond motifs is 6. The van der Waals surface area contributed by atoms with Gasteiger partial charge in [0.1, 0.15) is 0 Å². The smallest absolute Gasteiger partial charge is 0.0411 e. The van der Waals surface area contributed by atoms with Crippen LogP contribution in [0.2, 0.25) is 0 Å². The van der Waals surface area contributed by atoms with Crippen molar-refractivity contribution in [2.24, 2.45) is 58.2 Å². The van der Waals surface area contributed by atoms with Crippen molar-refractivity contribution >= 4 is 9.28 Å². The second kappa shape index (κ2) is 16.5. The molecule has 5 fully saturated rings. The summed E-state index contributed by atoms with van der Waals surface area (Å²) < 4.78 is 2.25. The van der Waals surface area contributed by atoms with E-state index in [4.69, 9.17) is 0 Å². The molecule has 292 valence electrons. The minimum absolute atomic E-state index is 0. The van der Waals surface area contributed by atoms with Gasteiger partial charge in [0.25, 0.3) is 0 Å². The molecule has 0 amide bonds.